The monoisotopic (exact) mass is 551 g/mol. The molecule has 0 amide bonds. The summed E-state index contributed by atoms with van der Waals surface area (Å²) in [6.45, 7) is 1.35. The van der Waals surface area contributed by atoms with E-state index in [-0.39, 0.29) is 24.0 Å². The molecule has 0 radical (unpaired) electrons. The average molecular weight is 551 g/mol. The molecule has 32 heavy (non-hydrogen) atoms. The Hall–Kier alpha value is -2.95. The summed E-state index contributed by atoms with van der Waals surface area (Å²) in [6, 6.07) is 13.4. The van der Waals surface area contributed by atoms with Crippen molar-refractivity contribution in [1.82, 2.24) is 19.8 Å². The second-order valence-corrected chi connectivity index (χ2v) is 6.97. The fourth-order valence-corrected chi connectivity index (χ4v) is 3.14. The summed E-state index contributed by atoms with van der Waals surface area (Å²) < 4.78 is 18.7. The molecule has 1 N–H and O–H groups in total. The number of ether oxygens (including phenoxy) is 3. The molecule has 1 aromatic carbocycles. The van der Waals surface area contributed by atoms with Crippen molar-refractivity contribution >= 4 is 29.9 Å². The van der Waals surface area contributed by atoms with Crippen LogP contribution >= 0.6 is 24.0 Å². The number of halogens is 1. The summed E-state index contributed by atoms with van der Waals surface area (Å²) in [7, 11) is 9.00. The standard InChI is InChI=1S/C23H29N5O3.HI/c1-24-23(28(3)16-18-8-7-13-27(18)2)26-15-17-11-12-21(25-14-17)31-22-19(29-4)9-6-10-20(22)30-5;/h6-14H,15-16H2,1-5H3,(H,24,26);1H. The van der Waals surface area contributed by atoms with Crippen molar-refractivity contribution in [2.75, 3.05) is 28.3 Å². The first-order valence-electron chi connectivity index (χ1n) is 9.91. The lowest BCUT2D eigenvalue weighted by atomic mass is 10.2. The topological polar surface area (TPSA) is 73.1 Å². The summed E-state index contributed by atoms with van der Waals surface area (Å²) in [4.78, 5) is 10.9. The van der Waals surface area contributed by atoms with E-state index in [0.29, 0.717) is 29.7 Å². The first kappa shape index (κ1) is 25.3. The van der Waals surface area contributed by atoms with Gasteiger partial charge >= 0.3 is 0 Å². The van der Waals surface area contributed by atoms with Gasteiger partial charge in [-0.2, -0.15) is 0 Å². The first-order chi connectivity index (χ1) is 15.0. The number of aromatic nitrogens is 2. The molecule has 0 saturated carbocycles. The maximum atomic E-state index is 5.92. The Labute approximate surface area is 206 Å². The Balaban J connectivity index is 0.00000363. The molecule has 172 valence electrons. The van der Waals surface area contributed by atoms with E-state index in [1.165, 1.54) is 5.69 Å². The van der Waals surface area contributed by atoms with E-state index in [2.05, 4.69) is 30.8 Å². The van der Waals surface area contributed by atoms with E-state index in [1.54, 1.807) is 27.5 Å². The molecule has 0 aliphatic carbocycles. The Morgan fingerprint density at radius 2 is 1.81 bits per heavy atom. The Bertz CT molecular complexity index is 998. The third-order valence-corrected chi connectivity index (χ3v) is 4.86. The van der Waals surface area contributed by atoms with Crippen LogP contribution in [0.25, 0.3) is 0 Å². The third-order valence-electron chi connectivity index (χ3n) is 4.86. The fraction of sp³-hybridized carbons (Fsp3) is 0.304. The first-order valence-corrected chi connectivity index (χ1v) is 9.91. The molecule has 8 nitrogen and oxygen atoms in total. The number of guanidine groups is 1. The maximum absolute atomic E-state index is 5.92. The second-order valence-electron chi connectivity index (χ2n) is 6.97. The number of benzene rings is 1. The van der Waals surface area contributed by atoms with Gasteiger partial charge in [-0.25, -0.2) is 4.98 Å². The van der Waals surface area contributed by atoms with E-state index in [4.69, 9.17) is 14.2 Å². The number of nitrogens with zero attached hydrogens (tertiary/aromatic N) is 4. The number of rotatable bonds is 8. The molecule has 2 heterocycles. The molecule has 0 fully saturated rings. The van der Waals surface area contributed by atoms with E-state index < -0.39 is 0 Å². The molecule has 0 aliphatic heterocycles. The minimum absolute atomic E-state index is 0. The number of aryl methyl sites for hydroxylation is 1. The van der Waals surface area contributed by atoms with E-state index >= 15 is 0 Å². The molecule has 3 rings (SSSR count). The van der Waals surface area contributed by atoms with Crippen molar-refractivity contribution in [3.8, 4) is 23.1 Å². The van der Waals surface area contributed by atoms with Crippen molar-refractivity contribution in [3.05, 3.63) is 66.1 Å². The van der Waals surface area contributed by atoms with Gasteiger partial charge in [-0.3, -0.25) is 4.99 Å². The predicted molar refractivity (Wildman–Crippen MR) is 136 cm³/mol. The van der Waals surface area contributed by atoms with Crippen LogP contribution < -0.4 is 19.5 Å². The lowest BCUT2D eigenvalue weighted by Crippen LogP contribution is -2.38. The average Bonchev–Trinajstić information content (AvgIpc) is 3.19. The van der Waals surface area contributed by atoms with Crippen molar-refractivity contribution in [1.29, 1.82) is 0 Å². The van der Waals surface area contributed by atoms with Crippen LogP contribution in [0.5, 0.6) is 23.1 Å². The maximum Gasteiger partial charge on any atom is 0.219 e. The number of nitrogens with one attached hydrogen (secondary N) is 1. The molecule has 0 saturated heterocycles. The van der Waals surface area contributed by atoms with Crippen LogP contribution in [0.3, 0.4) is 0 Å². The summed E-state index contributed by atoms with van der Waals surface area (Å²) in [6.07, 6.45) is 3.81. The largest absolute Gasteiger partial charge is 0.493 e. The van der Waals surface area contributed by atoms with Crippen molar-refractivity contribution in [2.45, 2.75) is 13.1 Å². The zero-order chi connectivity index (χ0) is 22.2. The van der Waals surface area contributed by atoms with Crippen molar-refractivity contribution in [2.24, 2.45) is 12.0 Å². The molecular formula is C23H30IN5O3. The summed E-state index contributed by atoms with van der Waals surface area (Å²) >= 11 is 0. The van der Waals surface area contributed by atoms with Gasteiger partial charge in [0.25, 0.3) is 0 Å². The Morgan fingerprint density at radius 1 is 1.09 bits per heavy atom. The molecule has 9 heteroatoms. The molecule has 0 bridgehead atoms. The van der Waals surface area contributed by atoms with E-state index in [9.17, 15) is 0 Å². The highest BCUT2D eigenvalue weighted by atomic mass is 127. The minimum Gasteiger partial charge on any atom is -0.493 e. The zero-order valence-corrected chi connectivity index (χ0v) is 21.4. The van der Waals surface area contributed by atoms with Crippen LogP contribution in [0.15, 0.2) is 59.9 Å². The third kappa shape index (κ3) is 6.28. The summed E-state index contributed by atoms with van der Waals surface area (Å²) in [5.41, 5.74) is 2.22. The zero-order valence-electron chi connectivity index (χ0n) is 19.0. The fourth-order valence-electron chi connectivity index (χ4n) is 3.14. The number of methoxy groups -OCH3 is 2. The van der Waals surface area contributed by atoms with Crippen molar-refractivity contribution < 1.29 is 14.2 Å². The van der Waals surface area contributed by atoms with Gasteiger partial charge in [-0.1, -0.05) is 12.1 Å². The smallest absolute Gasteiger partial charge is 0.219 e. The van der Waals surface area contributed by atoms with Crippen LogP contribution in [0.2, 0.25) is 0 Å². The molecule has 0 spiro atoms. The molecular weight excluding hydrogens is 521 g/mol. The van der Waals surface area contributed by atoms with Crippen LogP contribution in [0.4, 0.5) is 0 Å². The van der Waals surface area contributed by atoms with Gasteiger partial charge in [-0.05, 0) is 29.8 Å². The highest BCUT2D eigenvalue weighted by Gasteiger charge is 2.13. The normalized spacial score (nSPS) is 10.8. The summed E-state index contributed by atoms with van der Waals surface area (Å²) in [5, 5.41) is 3.37. The molecule has 0 atom stereocenters. The van der Waals surface area contributed by atoms with Gasteiger partial charge in [0.15, 0.2) is 17.5 Å². The quantitative estimate of drug-likeness (QED) is 0.259. The predicted octanol–water partition coefficient (Wildman–Crippen LogP) is 4.06. The van der Waals surface area contributed by atoms with Gasteiger partial charge in [0.1, 0.15) is 0 Å². The SMILES string of the molecule is CN=C(NCc1ccc(Oc2c(OC)cccc2OC)nc1)N(C)Cc1cccn1C.I. The lowest BCUT2D eigenvalue weighted by molar-refractivity contribution is 0.342. The molecule has 2 aromatic heterocycles. The molecule has 0 unspecified atom stereocenters. The van der Waals surface area contributed by atoms with Gasteiger partial charge in [0, 0.05) is 51.8 Å². The minimum atomic E-state index is 0. The van der Waals surface area contributed by atoms with Crippen LogP contribution in [-0.2, 0) is 20.1 Å². The van der Waals surface area contributed by atoms with Crippen LogP contribution in [-0.4, -0.2) is 48.7 Å². The second kappa shape index (κ2) is 12.2. The van der Waals surface area contributed by atoms with Gasteiger partial charge in [0.2, 0.25) is 11.6 Å². The van der Waals surface area contributed by atoms with E-state index in [1.807, 2.05) is 56.7 Å². The number of aliphatic imine (C=N–C) groups is 1. The van der Waals surface area contributed by atoms with Gasteiger partial charge in [0.05, 0.1) is 20.8 Å². The van der Waals surface area contributed by atoms with Crippen LogP contribution in [0, 0.1) is 0 Å². The lowest BCUT2D eigenvalue weighted by Gasteiger charge is -2.22. The van der Waals surface area contributed by atoms with E-state index in [0.717, 1.165) is 18.1 Å². The Kier molecular flexibility index (Phi) is 9.63. The van der Waals surface area contributed by atoms with Gasteiger partial charge < -0.3 is 29.0 Å². The van der Waals surface area contributed by atoms with Crippen molar-refractivity contribution in [3.63, 3.8) is 0 Å². The number of pyridine rings is 1. The van der Waals surface area contributed by atoms with Crippen LogP contribution in [0.1, 0.15) is 11.3 Å². The Morgan fingerprint density at radius 3 is 2.34 bits per heavy atom. The highest BCUT2D eigenvalue weighted by Crippen LogP contribution is 2.39. The number of para-hydroxylation sites is 1. The number of hydrogen-bond acceptors (Lipinski definition) is 5. The highest BCUT2D eigenvalue weighted by molar-refractivity contribution is 14.0. The number of hydrogen-bond donors (Lipinski definition) is 1. The molecule has 0 aliphatic rings. The molecule has 3 aromatic rings. The van der Waals surface area contributed by atoms with Gasteiger partial charge in [-0.15, -0.1) is 24.0 Å². The summed E-state index contributed by atoms with van der Waals surface area (Å²) in [5.74, 6) is 2.92.